The lowest BCUT2D eigenvalue weighted by Gasteiger charge is -2.15. The number of fused-ring (bicyclic) bond motifs is 1. The number of amides is 2. The first-order chi connectivity index (χ1) is 9.55. The fourth-order valence-electron chi connectivity index (χ4n) is 2.28. The Hall–Kier alpha value is -1.59. The Balaban J connectivity index is 2.16. The van der Waals surface area contributed by atoms with Gasteiger partial charge in [0, 0.05) is 12.2 Å². The number of hydrogen-bond donors (Lipinski definition) is 3. The molecule has 1 aliphatic heterocycles. The van der Waals surface area contributed by atoms with Crippen LogP contribution in [0.5, 0.6) is 0 Å². The highest BCUT2D eigenvalue weighted by atomic mass is 35.5. The number of halogens is 1. The van der Waals surface area contributed by atoms with Gasteiger partial charge in [-0.15, -0.1) is 0 Å². The lowest BCUT2D eigenvalue weighted by atomic mass is 10.0. The minimum Gasteiger partial charge on any atom is -0.330 e. The topological polar surface area (TPSA) is 84.2 Å². The Morgan fingerprint density at radius 3 is 2.95 bits per heavy atom. The third-order valence-corrected chi connectivity index (χ3v) is 3.68. The van der Waals surface area contributed by atoms with Crippen LogP contribution < -0.4 is 16.4 Å². The molecule has 0 aromatic heterocycles. The Morgan fingerprint density at radius 1 is 1.55 bits per heavy atom. The number of benzene rings is 1. The smallest absolute Gasteiger partial charge is 0.228 e. The molecule has 1 heterocycles. The van der Waals surface area contributed by atoms with E-state index in [1.807, 2.05) is 6.92 Å². The van der Waals surface area contributed by atoms with Gasteiger partial charge < -0.3 is 16.4 Å². The number of hydrogen-bond acceptors (Lipinski definition) is 3. The lowest BCUT2D eigenvalue weighted by molar-refractivity contribution is -0.119. The van der Waals surface area contributed by atoms with Crippen LogP contribution in [0.1, 0.15) is 25.3 Å². The van der Waals surface area contributed by atoms with Crippen molar-refractivity contribution in [3.05, 3.63) is 22.7 Å². The zero-order valence-electron chi connectivity index (χ0n) is 11.3. The van der Waals surface area contributed by atoms with E-state index in [9.17, 15) is 9.59 Å². The van der Waals surface area contributed by atoms with Crippen LogP contribution in [0.15, 0.2) is 12.1 Å². The van der Waals surface area contributed by atoms with Crippen LogP contribution >= 0.6 is 11.6 Å². The first-order valence-electron chi connectivity index (χ1n) is 6.68. The summed E-state index contributed by atoms with van der Waals surface area (Å²) in [5, 5.41) is 5.93. The molecule has 0 saturated heterocycles. The number of anilines is 2. The van der Waals surface area contributed by atoms with Crippen LogP contribution in [-0.2, 0) is 16.0 Å². The van der Waals surface area contributed by atoms with E-state index in [2.05, 4.69) is 10.6 Å². The van der Waals surface area contributed by atoms with Gasteiger partial charge in [-0.25, -0.2) is 0 Å². The van der Waals surface area contributed by atoms with E-state index in [1.54, 1.807) is 12.1 Å². The van der Waals surface area contributed by atoms with Crippen LogP contribution in [0.25, 0.3) is 0 Å². The molecule has 0 saturated carbocycles. The third kappa shape index (κ3) is 3.11. The summed E-state index contributed by atoms with van der Waals surface area (Å²) in [5.74, 6) is -0.414. The quantitative estimate of drug-likeness (QED) is 0.778. The Bertz CT molecular complexity index is 545. The second-order valence-electron chi connectivity index (χ2n) is 4.92. The maximum Gasteiger partial charge on any atom is 0.228 e. The first-order valence-corrected chi connectivity index (χ1v) is 7.06. The molecule has 6 heteroatoms. The van der Waals surface area contributed by atoms with Crippen molar-refractivity contribution in [2.24, 2.45) is 11.7 Å². The SMILES string of the molecule is CCCC(CN)C(=O)Nc1cc2c(cc1Cl)NC(=O)C2. The number of carbonyl (C=O) groups is 2. The normalized spacial score (nSPS) is 14.7. The van der Waals surface area contributed by atoms with Gasteiger partial charge in [-0.3, -0.25) is 9.59 Å². The third-order valence-electron chi connectivity index (χ3n) is 3.37. The van der Waals surface area contributed by atoms with Crippen molar-refractivity contribution < 1.29 is 9.59 Å². The predicted molar refractivity (Wildman–Crippen MR) is 79.9 cm³/mol. The average Bonchev–Trinajstić information content (AvgIpc) is 2.75. The summed E-state index contributed by atoms with van der Waals surface area (Å²) in [4.78, 5) is 23.4. The molecule has 20 heavy (non-hydrogen) atoms. The zero-order chi connectivity index (χ0) is 14.7. The van der Waals surface area contributed by atoms with Gasteiger partial charge in [0.1, 0.15) is 0 Å². The molecule has 5 nitrogen and oxygen atoms in total. The molecule has 2 rings (SSSR count). The van der Waals surface area contributed by atoms with Gasteiger partial charge in [-0.2, -0.15) is 0 Å². The van der Waals surface area contributed by atoms with Crippen LogP contribution in [0.3, 0.4) is 0 Å². The monoisotopic (exact) mass is 295 g/mol. The number of nitrogens with two attached hydrogens (primary N) is 1. The van der Waals surface area contributed by atoms with Gasteiger partial charge in [-0.05, 0) is 24.1 Å². The molecule has 1 aliphatic rings. The van der Waals surface area contributed by atoms with E-state index < -0.39 is 0 Å². The summed E-state index contributed by atoms with van der Waals surface area (Å²) >= 11 is 6.13. The van der Waals surface area contributed by atoms with Crippen molar-refractivity contribution in [1.82, 2.24) is 0 Å². The highest BCUT2D eigenvalue weighted by Crippen LogP contribution is 2.33. The van der Waals surface area contributed by atoms with Crippen LogP contribution in [0.4, 0.5) is 11.4 Å². The van der Waals surface area contributed by atoms with Gasteiger partial charge in [0.25, 0.3) is 0 Å². The second kappa shape index (κ2) is 6.24. The van der Waals surface area contributed by atoms with Gasteiger partial charge in [0.15, 0.2) is 0 Å². The van der Waals surface area contributed by atoms with Crippen molar-refractivity contribution in [2.45, 2.75) is 26.2 Å². The van der Waals surface area contributed by atoms with Crippen molar-refractivity contribution >= 4 is 34.8 Å². The summed E-state index contributed by atoms with van der Waals surface area (Å²) in [6.45, 7) is 2.32. The molecule has 1 aromatic carbocycles. The van der Waals surface area contributed by atoms with Crippen molar-refractivity contribution in [1.29, 1.82) is 0 Å². The molecule has 0 radical (unpaired) electrons. The summed E-state index contributed by atoms with van der Waals surface area (Å²) < 4.78 is 0. The fraction of sp³-hybridized carbons (Fsp3) is 0.429. The highest BCUT2D eigenvalue weighted by Gasteiger charge is 2.22. The molecule has 1 aromatic rings. The Labute approximate surface area is 122 Å². The molecule has 2 amide bonds. The van der Waals surface area contributed by atoms with E-state index in [-0.39, 0.29) is 17.7 Å². The Kier molecular flexibility index (Phi) is 4.62. The average molecular weight is 296 g/mol. The molecular weight excluding hydrogens is 278 g/mol. The van der Waals surface area contributed by atoms with E-state index >= 15 is 0 Å². The summed E-state index contributed by atoms with van der Waals surface area (Å²) in [6, 6.07) is 3.40. The van der Waals surface area contributed by atoms with Crippen molar-refractivity contribution in [2.75, 3.05) is 17.2 Å². The van der Waals surface area contributed by atoms with Crippen LogP contribution in [-0.4, -0.2) is 18.4 Å². The number of rotatable bonds is 5. The van der Waals surface area contributed by atoms with Crippen molar-refractivity contribution in [3.63, 3.8) is 0 Å². The summed E-state index contributed by atoms with van der Waals surface area (Å²) in [6.07, 6.45) is 1.95. The second-order valence-corrected chi connectivity index (χ2v) is 5.33. The summed E-state index contributed by atoms with van der Waals surface area (Å²) in [7, 11) is 0. The molecule has 108 valence electrons. The summed E-state index contributed by atoms with van der Waals surface area (Å²) in [5.41, 5.74) is 7.69. The van der Waals surface area contributed by atoms with E-state index in [1.165, 1.54) is 0 Å². The van der Waals surface area contributed by atoms with Gasteiger partial charge in [0.2, 0.25) is 11.8 Å². The molecule has 0 bridgehead atoms. The lowest BCUT2D eigenvalue weighted by Crippen LogP contribution is -2.29. The minimum absolute atomic E-state index is 0.0645. The molecular formula is C14H18ClN3O2. The molecule has 1 atom stereocenters. The van der Waals surface area contributed by atoms with E-state index in [0.29, 0.717) is 29.4 Å². The fourth-order valence-corrected chi connectivity index (χ4v) is 2.49. The largest absolute Gasteiger partial charge is 0.330 e. The maximum atomic E-state index is 12.1. The number of carbonyl (C=O) groups excluding carboxylic acids is 2. The molecule has 1 unspecified atom stereocenters. The molecule has 0 aliphatic carbocycles. The van der Waals surface area contributed by atoms with Crippen molar-refractivity contribution in [3.8, 4) is 0 Å². The van der Waals surface area contributed by atoms with E-state index in [4.69, 9.17) is 17.3 Å². The van der Waals surface area contributed by atoms with Crippen LogP contribution in [0, 0.1) is 5.92 Å². The predicted octanol–water partition coefficient (Wildman–Crippen LogP) is 2.15. The van der Waals surface area contributed by atoms with Crippen LogP contribution in [0.2, 0.25) is 5.02 Å². The Morgan fingerprint density at radius 2 is 2.30 bits per heavy atom. The zero-order valence-corrected chi connectivity index (χ0v) is 12.1. The standard InChI is InChI=1S/C14H18ClN3O2/c1-2-3-8(7-16)14(20)18-12-4-9-5-13(19)17-11(9)6-10(12)15/h4,6,8H,2-3,5,7,16H2,1H3,(H,17,19)(H,18,20). The van der Waals surface area contributed by atoms with Gasteiger partial charge >= 0.3 is 0 Å². The maximum absolute atomic E-state index is 12.1. The molecule has 4 N–H and O–H groups in total. The minimum atomic E-state index is -0.218. The van der Waals surface area contributed by atoms with Gasteiger partial charge in [0.05, 0.1) is 23.0 Å². The number of nitrogens with one attached hydrogen (secondary N) is 2. The highest BCUT2D eigenvalue weighted by molar-refractivity contribution is 6.34. The molecule has 0 fully saturated rings. The van der Waals surface area contributed by atoms with E-state index in [0.717, 1.165) is 18.4 Å². The van der Waals surface area contributed by atoms with Gasteiger partial charge in [-0.1, -0.05) is 24.9 Å². The molecule has 0 spiro atoms. The first kappa shape index (κ1) is 14.8.